The Morgan fingerprint density at radius 3 is 2.13 bits per heavy atom. The third-order valence-corrected chi connectivity index (χ3v) is 3.62. The number of hydrogen-bond acceptors (Lipinski definition) is 4. The highest BCUT2D eigenvalue weighted by atomic mass is 16.5. The number of methoxy groups -OCH3 is 3. The summed E-state index contributed by atoms with van der Waals surface area (Å²) >= 11 is 0. The molecule has 2 rings (SSSR count). The fourth-order valence-electron chi connectivity index (χ4n) is 2.20. The molecule has 0 saturated carbocycles. The maximum atomic E-state index is 12.2. The Balaban J connectivity index is 2.26. The maximum Gasteiger partial charge on any atom is 0.185 e. The Labute approximate surface area is 136 Å². The van der Waals surface area contributed by atoms with Crippen molar-refractivity contribution in [3.8, 4) is 17.2 Å². The second kappa shape index (κ2) is 7.49. The second-order valence-corrected chi connectivity index (χ2v) is 4.97. The van der Waals surface area contributed by atoms with Gasteiger partial charge in [0.15, 0.2) is 5.78 Å². The summed E-state index contributed by atoms with van der Waals surface area (Å²) in [4.78, 5) is 12.2. The van der Waals surface area contributed by atoms with Gasteiger partial charge in [0.2, 0.25) is 0 Å². The summed E-state index contributed by atoms with van der Waals surface area (Å²) in [7, 11) is 4.80. The SMILES string of the molecule is COc1ccc(C(=O)C=Cc2cc(OC)cc(OC)c2C)cc1. The number of ether oxygens (including phenoxy) is 3. The van der Waals surface area contributed by atoms with Crippen LogP contribution in [-0.4, -0.2) is 27.1 Å². The van der Waals surface area contributed by atoms with Crippen molar-refractivity contribution in [3.63, 3.8) is 0 Å². The Morgan fingerprint density at radius 1 is 0.913 bits per heavy atom. The van der Waals surface area contributed by atoms with Crippen molar-refractivity contribution in [2.75, 3.05) is 21.3 Å². The number of benzene rings is 2. The number of carbonyl (C=O) groups excluding carboxylic acids is 1. The summed E-state index contributed by atoms with van der Waals surface area (Å²) in [5, 5.41) is 0. The molecule has 0 bridgehead atoms. The van der Waals surface area contributed by atoms with Crippen LogP contribution < -0.4 is 14.2 Å². The third kappa shape index (κ3) is 3.92. The van der Waals surface area contributed by atoms with Crippen molar-refractivity contribution in [2.24, 2.45) is 0 Å². The normalized spacial score (nSPS) is 10.6. The van der Waals surface area contributed by atoms with E-state index in [4.69, 9.17) is 14.2 Å². The molecular formula is C19H20O4. The first-order valence-electron chi connectivity index (χ1n) is 7.18. The first-order chi connectivity index (χ1) is 11.1. The zero-order chi connectivity index (χ0) is 16.8. The molecule has 0 aliphatic heterocycles. The molecule has 0 saturated heterocycles. The summed E-state index contributed by atoms with van der Waals surface area (Å²) in [6, 6.07) is 10.7. The fourth-order valence-corrected chi connectivity index (χ4v) is 2.20. The van der Waals surface area contributed by atoms with E-state index in [-0.39, 0.29) is 5.78 Å². The molecule has 2 aromatic rings. The molecule has 0 aliphatic rings. The largest absolute Gasteiger partial charge is 0.497 e. The van der Waals surface area contributed by atoms with Gasteiger partial charge >= 0.3 is 0 Å². The lowest BCUT2D eigenvalue weighted by Gasteiger charge is -2.10. The lowest BCUT2D eigenvalue weighted by Crippen LogP contribution is -1.96. The van der Waals surface area contributed by atoms with E-state index in [1.807, 2.05) is 19.1 Å². The minimum absolute atomic E-state index is 0.0751. The molecule has 4 heteroatoms. The van der Waals surface area contributed by atoms with Crippen LogP contribution in [0.3, 0.4) is 0 Å². The zero-order valence-corrected chi connectivity index (χ0v) is 13.8. The van der Waals surface area contributed by atoms with Gasteiger partial charge in [-0.05, 0) is 54.5 Å². The Bertz CT molecular complexity index is 715. The van der Waals surface area contributed by atoms with E-state index in [0.717, 1.165) is 22.6 Å². The molecule has 120 valence electrons. The van der Waals surface area contributed by atoms with Crippen LogP contribution in [0.25, 0.3) is 6.08 Å². The maximum absolute atomic E-state index is 12.2. The Morgan fingerprint density at radius 2 is 1.57 bits per heavy atom. The second-order valence-electron chi connectivity index (χ2n) is 4.97. The highest BCUT2D eigenvalue weighted by Gasteiger charge is 2.07. The quantitative estimate of drug-likeness (QED) is 0.599. The summed E-state index contributed by atoms with van der Waals surface area (Å²) in [5.41, 5.74) is 2.43. The van der Waals surface area contributed by atoms with Gasteiger partial charge in [-0.15, -0.1) is 0 Å². The molecule has 0 N–H and O–H groups in total. The number of ketones is 1. The highest BCUT2D eigenvalue weighted by molar-refractivity contribution is 6.07. The van der Waals surface area contributed by atoms with Crippen molar-refractivity contribution < 1.29 is 19.0 Å². The minimum atomic E-state index is -0.0751. The lowest BCUT2D eigenvalue weighted by atomic mass is 10.0. The molecule has 0 fully saturated rings. The molecule has 0 atom stereocenters. The van der Waals surface area contributed by atoms with E-state index >= 15 is 0 Å². The van der Waals surface area contributed by atoms with Gasteiger partial charge in [-0.3, -0.25) is 4.79 Å². The van der Waals surface area contributed by atoms with Gasteiger partial charge in [0.1, 0.15) is 17.2 Å². The number of rotatable bonds is 6. The van der Waals surface area contributed by atoms with E-state index in [1.165, 1.54) is 0 Å². The first-order valence-corrected chi connectivity index (χ1v) is 7.18. The summed E-state index contributed by atoms with van der Waals surface area (Å²) < 4.78 is 15.7. The highest BCUT2D eigenvalue weighted by Crippen LogP contribution is 2.29. The summed E-state index contributed by atoms with van der Waals surface area (Å²) in [6.45, 7) is 1.94. The van der Waals surface area contributed by atoms with E-state index in [9.17, 15) is 4.79 Å². The molecule has 0 heterocycles. The van der Waals surface area contributed by atoms with Crippen molar-refractivity contribution in [1.82, 2.24) is 0 Å². The van der Waals surface area contributed by atoms with Gasteiger partial charge in [-0.2, -0.15) is 0 Å². The third-order valence-electron chi connectivity index (χ3n) is 3.62. The van der Waals surface area contributed by atoms with Gasteiger partial charge < -0.3 is 14.2 Å². The fraction of sp³-hybridized carbons (Fsp3) is 0.211. The molecule has 0 aromatic heterocycles. The van der Waals surface area contributed by atoms with Gasteiger partial charge in [0.05, 0.1) is 21.3 Å². The number of carbonyl (C=O) groups is 1. The predicted molar refractivity (Wildman–Crippen MR) is 90.6 cm³/mol. The van der Waals surface area contributed by atoms with Crippen molar-refractivity contribution in [3.05, 3.63) is 59.2 Å². The molecule has 4 nitrogen and oxygen atoms in total. The van der Waals surface area contributed by atoms with Crippen LogP contribution in [0, 0.1) is 6.92 Å². The zero-order valence-electron chi connectivity index (χ0n) is 13.8. The standard InChI is InChI=1S/C19H20O4/c1-13-15(11-17(22-3)12-19(13)23-4)7-10-18(20)14-5-8-16(21-2)9-6-14/h5-12H,1-4H3. The lowest BCUT2D eigenvalue weighted by molar-refractivity contribution is 0.104. The summed E-state index contributed by atoms with van der Waals surface area (Å²) in [6.07, 6.45) is 3.32. The van der Waals surface area contributed by atoms with E-state index < -0.39 is 0 Å². The van der Waals surface area contributed by atoms with Crippen LogP contribution in [0.4, 0.5) is 0 Å². The predicted octanol–water partition coefficient (Wildman–Crippen LogP) is 3.92. The average molecular weight is 312 g/mol. The van der Waals surface area contributed by atoms with Crippen molar-refractivity contribution in [1.29, 1.82) is 0 Å². The monoisotopic (exact) mass is 312 g/mol. The van der Waals surface area contributed by atoms with E-state index in [1.54, 1.807) is 57.7 Å². The molecule has 2 aromatic carbocycles. The number of hydrogen-bond donors (Lipinski definition) is 0. The summed E-state index contributed by atoms with van der Waals surface area (Å²) in [5.74, 6) is 2.05. The Hall–Kier alpha value is -2.75. The van der Waals surface area contributed by atoms with Crippen molar-refractivity contribution in [2.45, 2.75) is 6.92 Å². The molecule has 0 aliphatic carbocycles. The molecule has 0 amide bonds. The number of allylic oxidation sites excluding steroid dienone is 1. The van der Waals surface area contributed by atoms with Crippen LogP contribution in [0.5, 0.6) is 17.2 Å². The topological polar surface area (TPSA) is 44.8 Å². The minimum Gasteiger partial charge on any atom is -0.497 e. The first kappa shape index (κ1) is 16.6. The Kier molecular flexibility index (Phi) is 5.41. The van der Waals surface area contributed by atoms with Crippen LogP contribution in [-0.2, 0) is 0 Å². The van der Waals surface area contributed by atoms with Crippen LogP contribution >= 0.6 is 0 Å². The van der Waals surface area contributed by atoms with Gasteiger partial charge in [0, 0.05) is 11.6 Å². The van der Waals surface area contributed by atoms with Crippen LogP contribution in [0.2, 0.25) is 0 Å². The molecule has 0 unspecified atom stereocenters. The molecule has 23 heavy (non-hydrogen) atoms. The molecule has 0 radical (unpaired) electrons. The van der Waals surface area contributed by atoms with Gasteiger partial charge in [-0.25, -0.2) is 0 Å². The van der Waals surface area contributed by atoms with E-state index in [2.05, 4.69) is 0 Å². The van der Waals surface area contributed by atoms with Crippen LogP contribution in [0.1, 0.15) is 21.5 Å². The van der Waals surface area contributed by atoms with Gasteiger partial charge in [0.25, 0.3) is 0 Å². The van der Waals surface area contributed by atoms with E-state index in [0.29, 0.717) is 11.3 Å². The molecule has 0 spiro atoms. The molecular weight excluding hydrogens is 292 g/mol. The van der Waals surface area contributed by atoms with Crippen molar-refractivity contribution >= 4 is 11.9 Å². The smallest absolute Gasteiger partial charge is 0.185 e. The average Bonchev–Trinajstić information content (AvgIpc) is 2.60. The van der Waals surface area contributed by atoms with Gasteiger partial charge in [-0.1, -0.05) is 6.08 Å². The van der Waals surface area contributed by atoms with Crippen LogP contribution in [0.15, 0.2) is 42.5 Å².